The maximum atomic E-state index is 10.6. The van der Waals surface area contributed by atoms with E-state index in [-0.39, 0.29) is 11.4 Å². The summed E-state index contributed by atoms with van der Waals surface area (Å²) in [6, 6.07) is 1.29. The van der Waals surface area contributed by atoms with Crippen LogP contribution in [-0.4, -0.2) is 27.5 Å². The standard InChI is InChI=1S/C6H7N3O2S/c1-12-5-3(6(10)11)2-4(7)8-9-5/h2H,1H3,(H2,7,8)(H,10,11). The Morgan fingerprint density at radius 2 is 2.33 bits per heavy atom. The predicted molar refractivity (Wildman–Crippen MR) is 45.2 cm³/mol. The Kier molecular flexibility index (Phi) is 2.49. The van der Waals surface area contributed by atoms with Crippen molar-refractivity contribution in [3.05, 3.63) is 11.6 Å². The second-order valence-electron chi connectivity index (χ2n) is 2.00. The van der Waals surface area contributed by atoms with Crippen LogP contribution in [0.1, 0.15) is 10.4 Å². The summed E-state index contributed by atoms with van der Waals surface area (Å²) < 4.78 is 0. The van der Waals surface area contributed by atoms with Gasteiger partial charge in [0.1, 0.15) is 10.8 Å². The zero-order valence-corrected chi connectivity index (χ0v) is 7.13. The molecule has 64 valence electrons. The Morgan fingerprint density at radius 3 is 2.83 bits per heavy atom. The number of carboxylic acids is 1. The average molecular weight is 185 g/mol. The van der Waals surface area contributed by atoms with Gasteiger partial charge < -0.3 is 10.8 Å². The molecule has 1 heterocycles. The smallest absolute Gasteiger partial charge is 0.338 e. The highest BCUT2D eigenvalue weighted by Gasteiger charge is 2.11. The molecule has 0 aliphatic rings. The van der Waals surface area contributed by atoms with Gasteiger partial charge >= 0.3 is 5.97 Å². The lowest BCUT2D eigenvalue weighted by Gasteiger charge is -2.00. The van der Waals surface area contributed by atoms with Gasteiger partial charge in [-0.05, 0) is 12.3 Å². The highest BCUT2D eigenvalue weighted by molar-refractivity contribution is 7.98. The number of anilines is 1. The summed E-state index contributed by atoms with van der Waals surface area (Å²) in [7, 11) is 0. The highest BCUT2D eigenvalue weighted by Crippen LogP contribution is 2.17. The molecular formula is C6H7N3O2S. The average Bonchev–Trinajstić information content (AvgIpc) is 2.04. The SMILES string of the molecule is CSc1nnc(N)cc1C(=O)O. The lowest BCUT2D eigenvalue weighted by Crippen LogP contribution is -2.04. The first-order valence-corrected chi connectivity index (χ1v) is 4.28. The molecule has 0 aliphatic carbocycles. The van der Waals surface area contributed by atoms with Gasteiger partial charge in [0.15, 0.2) is 0 Å². The maximum Gasteiger partial charge on any atom is 0.338 e. The summed E-state index contributed by atoms with van der Waals surface area (Å²) in [5.74, 6) is -0.925. The first kappa shape index (κ1) is 8.79. The number of carboxylic acid groups (broad SMARTS) is 1. The first-order valence-electron chi connectivity index (χ1n) is 3.05. The van der Waals surface area contributed by atoms with Crippen LogP contribution in [0.5, 0.6) is 0 Å². The Morgan fingerprint density at radius 1 is 1.67 bits per heavy atom. The molecule has 0 amide bonds. The van der Waals surface area contributed by atoms with Gasteiger partial charge in [0, 0.05) is 0 Å². The number of nitrogens with zero attached hydrogens (tertiary/aromatic N) is 2. The van der Waals surface area contributed by atoms with Gasteiger partial charge in [-0.2, -0.15) is 0 Å². The van der Waals surface area contributed by atoms with Gasteiger partial charge in [0.05, 0.1) is 5.56 Å². The second kappa shape index (κ2) is 3.40. The molecule has 0 radical (unpaired) electrons. The molecule has 0 saturated carbocycles. The van der Waals surface area contributed by atoms with Crippen molar-refractivity contribution >= 4 is 23.5 Å². The molecule has 0 saturated heterocycles. The van der Waals surface area contributed by atoms with Crippen LogP contribution in [0.2, 0.25) is 0 Å². The lowest BCUT2D eigenvalue weighted by atomic mass is 10.3. The fourth-order valence-corrected chi connectivity index (χ4v) is 1.19. The molecule has 0 spiro atoms. The van der Waals surface area contributed by atoms with Crippen LogP contribution in [0.4, 0.5) is 5.82 Å². The molecule has 5 nitrogen and oxygen atoms in total. The van der Waals surface area contributed by atoms with Gasteiger partial charge in [-0.15, -0.1) is 22.0 Å². The quantitative estimate of drug-likeness (QED) is 0.651. The van der Waals surface area contributed by atoms with Gasteiger partial charge in [0.25, 0.3) is 0 Å². The summed E-state index contributed by atoms with van der Waals surface area (Å²) in [6.45, 7) is 0. The third-order valence-electron chi connectivity index (χ3n) is 1.20. The van der Waals surface area contributed by atoms with E-state index in [1.165, 1.54) is 17.8 Å². The minimum absolute atomic E-state index is 0.0926. The number of carbonyl (C=O) groups is 1. The lowest BCUT2D eigenvalue weighted by molar-refractivity contribution is 0.0692. The molecule has 0 bridgehead atoms. The summed E-state index contributed by atoms with van der Waals surface area (Å²) >= 11 is 1.22. The van der Waals surface area contributed by atoms with Crippen LogP contribution >= 0.6 is 11.8 Å². The third kappa shape index (κ3) is 1.65. The maximum absolute atomic E-state index is 10.6. The largest absolute Gasteiger partial charge is 0.478 e. The molecule has 0 aromatic carbocycles. The van der Waals surface area contributed by atoms with Gasteiger partial charge in [-0.1, -0.05) is 0 Å². The fraction of sp³-hybridized carbons (Fsp3) is 0.167. The van der Waals surface area contributed by atoms with E-state index >= 15 is 0 Å². The van der Waals surface area contributed by atoms with Crippen LogP contribution in [0.15, 0.2) is 11.1 Å². The van der Waals surface area contributed by atoms with E-state index in [9.17, 15) is 4.79 Å². The number of nitrogens with two attached hydrogens (primary N) is 1. The van der Waals surface area contributed by atoms with Crippen molar-refractivity contribution in [3.8, 4) is 0 Å². The van der Waals surface area contributed by atoms with Crippen molar-refractivity contribution in [2.75, 3.05) is 12.0 Å². The van der Waals surface area contributed by atoms with Crippen LogP contribution in [0.3, 0.4) is 0 Å². The van der Waals surface area contributed by atoms with Crippen molar-refractivity contribution in [2.24, 2.45) is 0 Å². The van der Waals surface area contributed by atoms with E-state index in [1.54, 1.807) is 6.26 Å². The fourth-order valence-electron chi connectivity index (χ4n) is 0.699. The Balaban J connectivity index is 3.21. The van der Waals surface area contributed by atoms with Crippen molar-refractivity contribution in [1.82, 2.24) is 10.2 Å². The molecule has 1 rings (SSSR count). The van der Waals surface area contributed by atoms with Crippen LogP contribution in [0.25, 0.3) is 0 Å². The van der Waals surface area contributed by atoms with Crippen molar-refractivity contribution in [1.29, 1.82) is 0 Å². The Bertz CT molecular complexity index is 316. The minimum Gasteiger partial charge on any atom is -0.478 e. The summed E-state index contributed by atoms with van der Waals surface area (Å²) in [4.78, 5) is 10.6. The zero-order chi connectivity index (χ0) is 9.14. The van der Waals surface area contributed by atoms with E-state index in [1.807, 2.05) is 0 Å². The van der Waals surface area contributed by atoms with E-state index in [0.29, 0.717) is 5.03 Å². The Labute approximate surface area is 73.0 Å². The van der Waals surface area contributed by atoms with Crippen molar-refractivity contribution in [3.63, 3.8) is 0 Å². The van der Waals surface area contributed by atoms with E-state index in [2.05, 4.69) is 10.2 Å². The number of rotatable bonds is 2. The summed E-state index contributed by atoms with van der Waals surface area (Å²) in [5, 5.41) is 16.2. The molecule has 0 fully saturated rings. The van der Waals surface area contributed by atoms with Crippen molar-refractivity contribution < 1.29 is 9.90 Å². The topological polar surface area (TPSA) is 89.1 Å². The van der Waals surface area contributed by atoms with E-state index in [0.717, 1.165) is 0 Å². The van der Waals surface area contributed by atoms with Gasteiger partial charge in [-0.25, -0.2) is 4.79 Å². The predicted octanol–water partition coefficient (Wildman–Crippen LogP) is 0.479. The molecule has 3 N–H and O–H groups in total. The monoisotopic (exact) mass is 185 g/mol. The molecular weight excluding hydrogens is 178 g/mol. The molecule has 6 heteroatoms. The zero-order valence-electron chi connectivity index (χ0n) is 6.31. The number of nitrogen functional groups attached to an aromatic ring is 1. The van der Waals surface area contributed by atoms with E-state index < -0.39 is 5.97 Å². The molecule has 0 unspecified atom stereocenters. The molecule has 1 aromatic rings. The van der Waals surface area contributed by atoms with Crippen LogP contribution in [-0.2, 0) is 0 Å². The summed E-state index contributed by atoms with van der Waals surface area (Å²) in [6.07, 6.45) is 1.73. The number of aromatic carboxylic acids is 1. The van der Waals surface area contributed by atoms with E-state index in [4.69, 9.17) is 10.8 Å². The van der Waals surface area contributed by atoms with Crippen molar-refractivity contribution in [2.45, 2.75) is 5.03 Å². The number of hydrogen-bond acceptors (Lipinski definition) is 5. The number of aromatic nitrogens is 2. The summed E-state index contributed by atoms with van der Waals surface area (Å²) in [5.41, 5.74) is 5.37. The van der Waals surface area contributed by atoms with Crippen LogP contribution in [0, 0.1) is 0 Å². The highest BCUT2D eigenvalue weighted by atomic mass is 32.2. The first-order chi connectivity index (χ1) is 5.65. The minimum atomic E-state index is -1.04. The molecule has 0 atom stereocenters. The van der Waals surface area contributed by atoms with Gasteiger partial charge in [0.2, 0.25) is 0 Å². The van der Waals surface area contributed by atoms with Gasteiger partial charge in [-0.3, -0.25) is 0 Å². The number of thioether (sulfide) groups is 1. The number of hydrogen-bond donors (Lipinski definition) is 2. The Hall–Kier alpha value is -1.30. The normalized spacial score (nSPS) is 9.75. The molecule has 0 aliphatic heterocycles. The second-order valence-corrected chi connectivity index (χ2v) is 2.79. The molecule has 12 heavy (non-hydrogen) atoms. The molecule has 1 aromatic heterocycles. The van der Waals surface area contributed by atoms with Crippen LogP contribution < -0.4 is 5.73 Å². The third-order valence-corrected chi connectivity index (χ3v) is 1.89.